The second-order valence-corrected chi connectivity index (χ2v) is 5.56. The third-order valence-corrected chi connectivity index (χ3v) is 3.84. The van der Waals surface area contributed by atoms with Gasteiger partial charge in [0.15, 0.2) is 17.1 Å². The number of rotatable bonds is 5. The van der Waals surface area contributed by atoms with Crippen molar-refractivity contribution in [2.45, 2.75) is 13.5 Å². The summed E-state index contributed by atoms with van der Waals surface area (Å²) in [5, 5.41) is 15.1. The maximum atomic E-state index is 13.8. The maximum Gasteiger partial charge on any atom is 0.295 e. The molecule has 6 nitrogen and oxygen atoms in total. The van der Waals surface area contributed by atoms with Crippen LogP contribution in [0.1, 0.15) is 11.3 Å². The van der Waals surface area contributed by atoms with Crippen LogP contribution in [-0.2, 0) is 6.54 Å². The monoisotopic (exact) mass is 341 g/mol. The number of para-hydroxylation sites is 1. The second kappa shape index (κ2) is 6.72. The van der Waals surface area contributed by atoms with Gasteiger partial charge in [0.2, 0.25) is 0 Å². The van der Waals surface area contributed by atoms with E-state index >= 15 is 0 Å². The van der Waals surface area contributed by atoms with Gasteiger partial charge in [0.1, 0.15) is 0 Å². The van der Waals surface area contributed by atoms with Crippen LogP contribution in [0, 0.1) is 22.9 Å². The molecule has 25 heavy (non-hydrogen) atoms. The van der Waals surface area contributed by atoms with Gasteiger partial charge < -0.3 is 10.1 Å². The first-order chi connectivity index (χ1) is 12.0. The SMILES string of the molecule is COc1ccc(CNc2cc(C)nc3c([N+](=O)[O-])cccc23)cc1F. The van der Waals surface area contributed by atoms with Crippen molar-refractivity contribution in [2.75, 3.05) is 12.4 Å². The molecule has 0 saturated carbocycles. The minimum atomic E-state index is -0.447. The summed E-state index contributed by atoms with van der Waals surface area (Å²) in [5.74, 6) is -0.252. The van der Waals surface area contributed by atoms with Gasteiger partial charge in [-0.1, -0.05) is 18.2 Å². The largest absolute Gasteiger partial charge is 0.494 e. The van der Waals surface area contributed by atoms with Gasteiger partial charge in [-0.2, -0.15) is 0 Å². The van der Waals surface area contributed by atoms with Gasteiger partial charge in [0.25, 0.3) is 5.69 Å². The first kappa shape index (κ1) is 16.6. The minimum Gasteiger partial charge on any atom is -0.494 e. The molecule has 1 N–H and O–H groups in total. The van der Waals surface area contributed by atoms with Gasteiger partial charge in [0, 0.05) is 29.4 Å². The van der Waals surface area contributed by atoms with E-state index in [9.17, 15) is 14.5 Å². The summed E-state index contributed by atoms with van der Waals surface area (Å²) in [4.78, 5) is 15.1. The molecule has 0 unspecified atom stereocenters. The normalized spacial score (nSPS) is 10.7. The highest BCUT2D eigenvalue weighted by Gasteiger charge is 2.15. The van der Waals surface area contributed by atoms with Crippen LogP contribution in [0.2, 0.25) is 0 Å². The highest BCUT2D eigenvalue weighted by atomic mass is 19.1. The molecule has 3 aromatic rings. The lowest BCUT2D eigenvalue weighted by molar-refractivity contribution is -0.383. The van der Waals surface area contributed by atoms with Gasteiger partial charge in [0.05, 0.1) is 12.0 Å². The van der Waals surface area contributed by atoms with Crippen LogP contribution in [-0.4, -0.2) is 17.0 Å². The molecule has 0 bridgehead atoms. The Bertz CT molecular complexity index is 960. The number of anilines is 1. The summed E-state index contributed by atoms with van der Waals surface area (Å²) in [5.41, 5.74) is 2.38. The lowest BCUT2D eigenvalue weighted by atomic mass is 10.1. The fourth-order valence-electron chi connectivity index (χ4n) is 2.67. The van der Waals surface area contributed by atoms with Crippen LogP contribution < -0.4 is 10.1 Å². The standard InChI is InChI=1S/C18H16FN3O3/c1-11-8-15(13-4-3-5-16(22(23)24)18(13)21-11)20-10-12-6-7-17(25-2)14(19)9-12/h3-9H,10H2,1-2H3,(H,20,21). The number of nitro groups is 1. The summed E-state index contributed by atoms with van der Waals surface area (Å²) in [6.45, 7) is 2.14. The van der Waals surface area contributed by atoms with Crippen LogP contribution in [0.25, 0.3) is 10.9 Å². The molecule has 0 fully saturated rings. The van der Waals surface area contributed by atoms with E-state index in [1.54, 1.807) is 31.2 Å². The van der Waals surface area contributed by atoms with Gasteiger partial charge in [-0.3, -0.25) is 10.1 Å². The van der Waals surface area contributed by atoms with Crippen molar-refractivity contribution in [3.05, 3.63) is 69.7 Å². The van der Waals surface area contributed by atoms with E-state index in [-0.39, 0.29) is 11.4 Å². The highest BCUT2D eigenvalue weighted by molar-refractivity contribution is 5.96. The molecule has 0 atom stereocenters. The summed E-state index contributed by atoms with van der Waals surface area (Å²) in [6, 6.07) is 11.3. The summed E-state index contributed by atoms with van der Waals surface area (Å²) >= 11 is 0. The van der Waals surface area contributed by atoms with Crippen molar-refractivity contribution in [1.82, 2.24) is 4.98 Å². The Hall–Kier alpha value is -3.22. The van der Waals surface area contributed by atoms with Gasteiger partial charge in [-0.15, -0.1) is 0 Å². The zero-order valence-corrected chi connectivity index (χ0v) is 13.7. The predicted octanol–water partition coefficient (Wildman–Crippen LogP) is 4.21. The first-order valence-corrected chi connectivity index (χ1v) is 7.60. The van der Waals surface area contributed by atoms with E-state index in [1.165, 1.54) is 19.2 Å². The number of aromatic nitrogens is 1. The van der Waals surface area contributed by atoms with Crippen molar-refractivity contribution in [1.29, 1.82) is 0 Å². The van der Waals surface area contributed by atoms with Gasteiger partial charge in [-0.25, -0.2) is 9.37 Å². The van der Waals surface area contributed by atoms with E-state index in [1.807, 2.05) is 6.07 Å². The third-order valence-electron chi connectivity index (χ3n) is 3.84. The van der Waals surface area contributed by atoms with E-state index < -0.39 is 10.7 Å². The molecule has 3 rings (SSSR count). The van der Waals surface area contributed by atoms with Gasteiger partial charge in [-0.05, 0) is 30.7 Å². The van der Waals surface area contributed by atoms with Crippen LogP contribution in [0.4, 0.5) is 15.8 Å². The van der Waals surface area contributed by atoms with Gasteiger partial charge >= 0.3 is 0 Å². The first-order valence-electron chi connectivity index (χ1n) is 7.60. The molecular formula is C18H16FN3O3. The Kier molecular flexibility index (Phi) is 4.47. The van der Waals surface area contributed by atoms with Crippen LogP contribution in [0.5, 0.6) is 5.75 Å². The molecule has 128 valence electrons. The Morgan fingerprint density at radius 2 is 2.08 bits per heavy atom. The lowest BCUT2D eigenvalue weighted by Gasteiger charge is -2.12. The number of methoxy groups -OCH3 is 1. The molecule has 0 aliphatic heterocycles. The van der Waals surface area contributed by atoms with Crippen molar-refractivity contribution in [3.8, 4) is 5.75 Å². The average Bonchev–Trinajstić information content (AvgIpc) is 2.59. The molecule has 1 heterocycles. The Morgan fingerprint density at radius 1 is 1.28 bits per heavy atom. The molecular weight excluding hydrogens is 325 g/mol. The fraction of sp³-hybridized carbons (Fsp3) is 0.167. The van der Waals surface area contributed by atoms with Crippen LogP contribution >= 0.6 is 0 Å². The third kappa shape index (κ3) is 3.35. The number of ether oxygens (including phenoxy) is 1. The number of aryl methyl sites for hydroxylation is 1. The number of pyridine rings is 1. The lowest BCUT2D eigenvalue weighted by Crippen LogP contribution is -2.03. The van der Waals surface area contributed by atoms with Crippen molar-refractivity contribution >= 4 is 22.3 Å². The predicted molar refractivity (Wildman–Crippen MR) is 93.4 cm³/mol. The molecule has 0 saturated heterocycles. The smallest absolute Gasteiger partial charge is 0.295 e. The molecule has 0 radical (unpaired) electrons. The number of benzene rings is 2. The molecule has 7 heteroatoms. The number of halogens is 1. The number of hydrogen-bond donors (Lipinski definition) is 1. The van der Waals surface area contributed by atoms with Crippen molar-refractivity contribution in [2.24, 2.45) is 0 Å². The zero-order chi connectivity index (χ0) is 18.0. The average molecular weight is 341 g/mol. The molecule has 1 aromatic heterocycles. The Morgan fingerprint density at radius 3 is 2.76 bits per heavy atom. The van der Waals surface area contributed by atoms with Crippen molar-refractivity contribution in [3.63, 3.8) is 0 Å². The number of nitrogens with zero attached hydrogens (tertiary/aromatic N) is 2. The number of fused-ring (bicyclic) bond motifs is 1. The number of non-ortho nitro benzene ring substituents is 1. The minimum absolute atomic E-state index is 0.0419. The molecule has 0 aliphatic carbocycles. The summed E-state index contributed by atoms with van der Waals surface area (Å²) in [6.07, 6.45) is 0. The summed E-state index contributed by atoms with van der Waals surface area (Å²) in [7, 11) is 1.41. The zero-order valence-electron chi connectivity index (χ0n) is 13.7. The number of nitro benzene ring substituents is 1. The quantitative estimate of drug-likeness (QED) is 0.555. The second-order valence-electron chi connectivity index (χ2n) is 5.56. The van der Waals surface area contributed by atoms with E-state index in [4.69, 9.17) is 4.74 Å². The fourth-order valence-corrected chi connectivity index (χ4v) is 2.67. The Balaban J connectivity index is 1.95. The molecule has 2 aromatic carbocycles. The number of nitrogens with one attached hydrogen (secondary N) is 1. The maximum absolute atomic E-state index is 13.8. The van der Waals surface area contributed by atoms with E-state index in [0.29, 0.717) is 28.8 Å². The Labute approximate surface area is 143 Å². The van der Waals surface area contributed by atoms with E-state index in [0.717, 1.165) is 5.56 Å². The molecule has 0 spiro atoms. The van der Waals surface area contributed by atoms with Crippen LogP contribution in [0.3, 0.4) is 0 Å². The van der Waals surface area contributed by atoms with Crippen LogP contribution in [0.15, 0.2) is 42.5 Å². The molecule has 0 amide bonds. The highest BCUT2D eigenvalue weighted by Crippen LogP contribution is 2.30. The molecule has 0 aliphatic rings. The van der Waals surface area contributed by atoms with E-state index in [2.05, 4.69) is 10.3 Å². The van der Waals surface area contributed by atoms with Crippen molar-refractivity contribution < 1.29 is 14.1 Å². The number of hydrogen-bond acceptors (Lipinski definition) is 5. The summed E-state index contributed by atoms with van der Waals surface area (Å²) < 4.78 is 18.7. The topological polar surface area (TPSA) is 77.3 Å².